The lowest BCUT2D eigenvalue weighted by atomic mass is 9.89. The quantitative estimate of drug-likeness (QED) is 0.872. The number of anilines is 1. The van der Waals surface area contributed by atoms with E-state index in [2.05, 4.69) is 17.4 Å². The molecule has 2 aromatic rings. The van der Waals surface area contributed by atoms with E-state index < -0.39 is 0 Å². The Hall–Kier alpha value is -2.29. The summed E-state index contributed by atoms with van der Waals surface area (Å²) in [4.78, 5) is 12.0. The van der Waals surface area contributed by atoms with Crippen molar-refractivity contribution in [2.75, 3.05) is 5.32 Å². The average molecular weight is 281 g/mol. The van der Waals surface area contributed by atoms with E-state index in [1.54, 1.807) is 0 Å². The smallest absolute Gasteiger partial charge is 0.412 e. The molecular weight excluding hydrogens is 262 g/mol. The molecule has 1 atom stereocenters. The minimum absolute atomic E-state index is 0.139. The molecule has 0 saturated carbocycles. The molecule has 1 N–H and O–H groups in total. The van der Waals surface area contributed by atoms with E-state index >= 15 is 0 Å². The summed E-state index contributed by atoms with van der Waals surface area (Å²) in [5.74, 6) is 0. The molecule has 2 aromatic carbocycles. The molecule has 0 heterocycles. The monoisotopic (exact) mass is 281 g/mol. The van der Waals surface area contributed by atoms with E-state index in [9.17, 15) is 4.79 Å². The molecule has 3 nitrogen and oxygen atoms in total. The molecule has 0 fully saturated rings. The Kier molecular flexibility index (Phi) is 3.91. The molecule has 108 valence electrons. The molecule has 3 rings (SSSR count). The molecule has 0 saturated heterocycles. The third-order valence-corrected chi connectivity index (χ3v) is 3.86. The first-order valence-electron chi connectivity index (χ1n) is 7.34. The standard InChI is InChI=1S/C18H19NO2/c1-13-9-11-15(12-10-13)19-18(20)21-17-8-4-6-14-5-2-3-7-16(14)17/h2-3,5,7,9-12,17H,4,6,8H2,1H3,(H,19,20)/t17-/m1/s1. The highest BCUT2D eigenvalue weighted by molar-refractivity contribution is 5.84. The van der Waals surface area contributed by atoms with Gasteiger partial charge in [0, 0.05) is 5.69 Å². The molecule has 0 radical (unpaired) electrons. The normalized spacial score (nSPS) is 16.9. The highest BCUT2D eigenvalue weighted by Gasteiger charge is 2.23. The maximum atomic E-state index is 12.0. The first-order valence-corrected chi connectivity index (χ1v) is 7.34. The Morgan fingerprint density at radius 2 is 1.90 bits per heavy atom. The Morgan fingerprint density at radius 1 is 1.14 bits per heavy atom. The van der Waals surface area contributed by atoms with Gasteiger partial charge in [-0.3, -0.25) is 5.32 Å². The number of aryl methyl sites for hydroxylation is 2. The minimum atomic E-state index is -0.388. The third kappa shape index (κ3) is 3.24. The molecule has 0 aliphatic heterocycles. The predicted octanol–water partition coefficient (Wildman–Crippen LogP) is 4.62. The van der Waals surface area contributed by atoms with E-state index in [1.165, 1.54) is 5.56 Å². The summed E-state index contributed by atoms with van der Waals surface area (Å²) in [5, 5.41) is 2.79. The second-order valence-electron chi connectivity index (χ2n) is 5.48. The molecule has 1 amide bonds. The van der Waals surface area contributed by atoms with Gasteiger partial charge in [-0.05, 0) is 49.4 Å². The lowest BCUT2D eigenvalue weighted by Crippen LogP contribution is -2.20. The zero-order valence-electron chi connectivity index (χ0n) is 12.1. The molecule has 1 aliphatic carbocycles. The number of benzene rings is 2. The first kappa shape index (κ1) is 13.7. The van der Waals surface area contributed by atoms with Crippen LogP contribution in [0.3, 0.4) is 0 Å². The van der Waals surface area contributed by atoms with Crippen molar-refractivity contribution in [3.8, 4) is 0 Å². The van der Waals surface area contributed by atoms with Gasteiger partial charge in [-0.2, -0.15) is 0 Å². The van der Waals surface area contributed by atoms with Crippen molar-refractivity contribution in [3.63, 3.8) is 0 Å². The van der Waals surface area contributed by atoms with Crippen LogP contribution in [-0.2, 0) is 11.2 Å². The summed E-state index contributed by atoms with van der Waals surface area (Å²) in [7, 11) is 0. The van der Waals surface area contributed by atoms with Crippen LogP contribution in [0, 0.1) is 6.92 Å². The van der Waals surface area contributed by atoms with Crippen LogP contribution in [0.25, 0.3) is 0 Å². The van der Waals surface area contributed by atoms with Crippen LogP contribution < -0.4 is 5.32 Å². The number of rotatable bonds is 2. The van der Waals surface area contributed by atoms with Gasteiger partial charge < -0.3 is 4.74 Å². The van der Waals surface area contributed by atoms with E-state index in [0.717, 1.165) is 36.1 Å². The Labute approximate surface area is 124 Å². The van der Waals surface area contributed by atoms with Crippen LogP contribution in [0.4, 0.5) is 10.5 Å². The highest BCUT2D eigenvalue weighted by Crippen LogP contribution is 2.32. The van der Waals surface area contributed by atoms with Crippen LogP contribution in [0.1, 0.15) is 35.6 Å². The maximum absolute atomic E-state index is 12.0. The predicted molar refractivity (Wildman–Crippen MR) is 83.4 cm³/mol. The summed E-state index contributed by atoms with van der Waals surface area (Å²) in [6, 6.07) is 15.9. The van der Waals surface area contributed by atoms with Gasteiger partial charge in [-0.25, -0.2) is 4.79 Å². The summed E-state index contributed by atoms with van der Waals surface area (Å²) in [5.41, 5.74) is 4.35. The van der Waals surface area contributed by atoms with Crippen LogP contribution in [0.5, 0.6) is 0 Å². The number of hydrogen-bond donors (Lipinski definition) is 1. The van der Waals surface area contributed by atoms with Gasteiger partial charge in [-0.1, -0.05) is 42.0 Å². The van der Waals surface area contributed by atoms with Gasteiger partial charge >= 0.3 is 6.09 Å². The van der Waals surface area contributed by atoms with Gasteiger partial charge in [0.05, 0.1) is 0 Å². The fourth-order valence-electron chi connectivity index (χ4n) is 2.75. The molecule has 3 heteroatoms. The van der Waals surface area contributed by atoms with E-state index in [0.29, 0.717) is 0 Å². The first-order chi connectivity index (χ1) is 10.2. The van der Waals surface area contributed by atoms with Gasteiger partial charge in [0.25, 0.3) is 0 Å². The SMILES string of the molecule is Cc1ccc(NC(=O)O[C@@H]2CCCc3ccccc32)cc1. The van der Waals surface area contributed by atoms with Crippen LogP contribution in [0.15, 0.2) is 48.5 Å². The number of nitrogens with one attached hydrogen (secondary N) is 1. The van der Waals surface area contributed by atoms with Gasteiger partial charge in [0.2, 0.25) is 0 Å². The van der Waals surface area contributed by atoms with Crippen molar-refractivity contribution in [1.82, 2.24) is 0 Å². The minimum Gasteiger partial charge on any atom is -0.441 e. The van der Waals surface area contributed by atoms with Gasteiger partial charge in [0.1, 0.15) is 6.10 Å². The fraction of sp³-hybridized carbons (Fsp3) is 0.278. The average Bonchev–Trinajstić information content (AvgIpc) is 2.50. The van der Waals surface area contributed by atoms with Crippen molar-refractivity contribution in [3.05, 3.63) is 65.2 Å². The van der Waals surface area contributed by atoms with Crippen molar-refractivity contribution >= 4 is 11.8 Å². The topological polar surface area (TPSA) is 38.3 Å². The van der Waals surface area contributed by atoms with Gasteiger partial charge in [0.15, 0.2) is 0 Å². The van der Waals surface area contributed by atoms with Crippen molar-refractivity contribution < 1.29 is 9.53 Å². The van der Waals surface area contributed by atoms with Crippen molar-refractivity contribution in [1.29, 1.82) is 0 Å². The van der Waals surface area contributed by atoms with Crippen molar-refractivity contribution in [2.45, 2.75) is 32.3 Å². The molecule has 21 heavy (non-hydrogen) atoms. The summed E-state index contributed by atoms with van der Waals surface area (Å²) >= 11 is 0. The van der Waals surface area contributed by atoms with Crippen molar-refractivity contribution in [2.24, 2.45) is 0 Å². The maximum Gasteiger partial charge on any atom is 0.412 e. The summed E-state index contributed by atoms with van der Waals surface area (Å²) in [6.07, 6.45) is 2.48. The zero-order chi connectivity index (χ0) is 14.7. The fourth-order valence-corrected chi connectivity index (χ4v) is 2.75. The molecule has 0 aromatic heterocycles. The van der Waals surface area contributed by atoms with E-state index in [1.807, 2.05) is 43.3 Å². The number of carbonyl (C=O) groups is 1. The summed E-state index contributed by atoms with van der Waals surface area (Å²) in [6.45, 7) is 2.01. The zero-order valence-corrected chi connectivity index (χ0v) is 12.1. The third-order valence-electron chi connectivity index (χ3n) is 3.86. The highest BCUT2D eigenvalue weighted by atomic mass is 16.6. The largest absolute Gasteiger partial charge is 0.441 e. The number of amides is 1. The number of fused-ring (bicyclic) bond motifs is 1. The van der Waals surface area contributed by atoms with Gasteiger partial charge in [-0.15, -0.1) is 0 Å². The number of carbonyl (C=O) groups excluding carboxylic acids is 1. The van der Waals surface area contributed by atoms with Crippen LogP contribution >= 0.6 is 0 Å². The molecule has 0 spiro atoms. The molecule has 1 aliphatic rings. The van der Waals surface area contributed by atoms with Crippen LogP contribution in [-0.4, -0.2) is 6.09 Å². The van der Waals surface area contributed by atoms with E-state index in [4.69, 9.17) is 4.74 Å². The second-order valence-corrected chi connectivity index (χ2v) is 5.48. The molecule has 0 unspecified atom stereocenters. The van der Waals surface area contributed by atoms with Crippen LogP contribution in [0.2, 0.25) is 0 Å². The molecular formula is C18H19NO2. The Morgan fingerprint density at radius 3 is 2.71 bits per heavy atom. The molecule has 0 bridgehead atoms. The Bertz CT molecular complexity index is 634. The number of ether oxygens (including phenoxy) is 1. The van der Waals surface area contributed by atoms with E-state index in [-0.39, 0.29) is 12.2 Å². The number of hydrogen-bond acceptors (Lipinski definition) is 2. The summed E-state index contributed by atoms with van der Waals surface area (Å²) < 4.78 is 5.60. The Balaban J connectivity index is 1.67. The second kappa shape index (κ2) is 6.00. The lowest BCUT2D eigenvalue weighted by molar-refractivity contribution is 0.0999. The lowest BCUT2D eigenvalue weighted by Gasteiger charge is -2.25.